The monoisotopic (exact) mass is 344 g/mol. The van der Waals surface area contributed by atoms with E-state index in [0.717, 1.165) is 11.4 Å². The number of hydrogen-bond donors (Lipinski definition) is 2. The van der Waals surface area contributed by atoms with Crippen molar-refractivity contribution >= 4 is 27.3 Å². The van der Waals surface area contributed by atoms with E-state index in [4.69, 9.17) is 0 Å². The number of fused-ring (bicyclic) bond motifs is 3. The van der Waals surface area contributed by atoms with Crippen LogP contribution in [0.4, 0.5) is 11.4 Å². The summed E-state index contributed by atoms with van der Waals surface area (Å²) in [5.41, 5.74) is 1.68. The van der Waals surface area contributed by atoms with Crippen molar-refractivity contribution in [2.24, 2.45) is 0 Å². The average Bonchev–Trinajstić information content (AvgIpc) is 3.00. The number of rotatable bonds is 3. The molecule has 2 atom stereocenters. The zero-order valence-electron chi connectivity index (χ0n) is 12.7. The molecule has 124 valence electrons. The normalized spacial score (nSPS) is 22.7. The summed E-state index contributed by atoms with van der Waals surface area (Å²) < 4.78 is 27.6. The Morgan fingerprint density at radius 1 is 1.21 bits per heavy atom. The van der Waals surface area contributed by atoms with Crippen LogP contribution in [0.25, 0.3) is 0 Å². The highest BCUT2D eigenvalue weighted by molar-refractivity contribution is 7.89. The predicted molar refractivity (Wildman–Crippen MR) is 89.2 cm³/mol. The lowest BCUT2D eigenvalue weighted by atomic mass is 10.1. The van der Waals surface area contributed by atoms with Crippen molar-refractivity contribution in [3.8, 4) is 0 Å². The van der Waals surface area contributed by atoms with Crippen LogP contribution in [0.2, 0.25) is 0 Å². The molecule has 0 radical (unpaired) electrons. The molecule has 2 aliphatic heterocycles. The molecule has 1 fully saturated rings. The largest absolute Gasteiger partial charge is 0.356 e. The second kappa shape index (κ2) is 5.57. The van der Waals surface area contributed by atoms with E-state index in [0.29, 0.717) is 13.0 Å². The molecule has 0 saturated carbocycles. The second-order valence-electron chi connectivity index (χ2n) is 5.92. The number of pyridine rings is 1. The fraction of sp³-hybridized carbons (Fsp3) is 0.250. The number of para-hydroxylation sites is 2. The van der Waals surface area contributed by atoms with Crippen LogP contribution < -0.4 is 14.9 Å². The van der Waals surface area contributed by atoms with Crippen LogP contribution >= 0.6 is 0 Å². The van der Waals surface area contributed by atoms with Crippen LogP contribution in [0, 0.1) is 0 Å². The summed E-state index contributed by atoms with van der Waals surface area (Å²) in [5, 5.41) is 2.88. The van der Waals surface area contributed by atoms with Crippen molar-refractivity contribution in [3.63, 3.8) is 0 Å². The Kier molecular flexibility index (Phi) is 3.50. The highest BCUT2D eigenvalue weighted by atomic mass is 32.2. The number of hydrogen-bond acceptors (Lipinski definition) is 5. The van der Waals surface area contributed by atoms with Crippen LogP contribution in [0.3, 0.4) is 0 Å². The third-order valence-corrected chi connectivity index (χ3v) is 5.85. The number of amides is 1. The van der Waals surface area contributed by atoms with Gasteiger partial charge in [-0.2, -0.15) is 0 Å². The van der Waals surface area contributed by atoms with Crippen LogP contribution in [-0.4, -0.2) is 37.9 Å². The first-order valence-electron chi connectivity index (χ1n) is 7.63. The molecule has 24 heavy (non-hydrogen) atoms. The molecule has 2 aliphatic rings. The molecule has 7 nitrogen and oxygen atoms in total. The molecular formula is C16H16N4O3S. The SMILES string of the molecule is O=C1Nc2ccccc2N2C[C@@H](NS(=O)(=O)c3cccnc3)C[C@@H]12. The minimum Gasteiger partial charge on any atom is -0.356 e. The molecule has 0 unspecified atom stereocenters. The number of nitrogens with zero attached hydrogens (tertiary/aromatic N) is 2. The molecule has 0 aliphatic carbocycles. The van der Waals surface area contributed by atoms with Gasteiger partial charge in [0.25, 0.3) is 0 Å². The third-order valence-electron chi connectivity index (χ3n) is 4.34. The smallest absolute Gasteiger partial charge is 0.247 e. The quantitative estimate of drug-likeness (QED) is 0.865. The molecule has 1 amide bonds. The maximum absolute atomic E-state index is 12.5. The Morgan fingerprint density at radius 2 is 2.04 bits per heavy atom. The number of anilines is 2. The zero-order chi connectivity index (χ0) is 16.7. The highest BCUT2D eigenvalue weighted by Crippen LogP contribution is 2.36. The highest BCUT2D eigenvalue weighted by Gasteiger charge is 2.42. The zero-order valence-corrected chi connectivity index (χ0v) is 13.5. The number of carbonyl (C=O) groups excluding carboxylic acids is 1. The van der Waals surface area contributed by atoms with E-state index < -0.39 is 10.0 Å². The van der Waals surface area contributed by atoms with Crippen molar-refractivity contribution < 1.29 is 13.2 Å². The minimum absolute atomic E-state index is 0.100. The van der Waals surface area contributed by atoms with Gasteiger partial charge in [0.15, 0.2) is 0 Å². The van der Waals surface area contributed by atoms with Crippen molar-refractivity contribution in [3.05, 3.63) is 48.8 Å². The summed E-state index contributed by atoms with van der Waals surface area (Å²) in [6.45, 7) is 0.453. The van der Waals surface area contributed by atoms with Crippen molar-refractivity contribution in [2.45, 2.75) is 23.4 Å². The molecule has 4 rings (SSSR count). The number of benzene rings is 1. The van der Waals surface area contributed by atoms with Gasteiger partial charge in [0.05, 0.1) is 11.4 Å². The Balaban J connectivity index is 1.58. The van der Waals surface area contributed by atoms with Gasteiger partial charge in [-0.1, -0.05) is 12.1 Å². The molecule has 2 N–H and O–H groups in total. The van der Waals surface area contributed by atoms with Gasteiger partial charge in [0, 0.05) is 25.0 Å². The lowest BCUT2D eigenvalue weighted by Gasteiger charge is -2.32. The van der Waals surface area contributed by atoms with Gasteiger partial charge in [-0.25, -0.2) is 13.1 Å². The molecule has 1 aromatic carbocycles. The summed E-state index contributed by atoms with van der Waals surface area (Å²) >= 11 is 0. The summed E-state index contributed by atoms with van der Waals surface area (Å²) in [6.07, 6.45) is 3.27. The van der Waals surface area contributed by atoms with E-state index >= 15 is 0 Å². The minimum atomic E-state index is -3.65. The number of carbonyl (C=O) groups is 1. The Hall–Kier alpha value is -2.45. The summed E-state index contributed by atoms with van der Waals surface area (Å²) in [5.74, 6) is -0.100. The Morgan fingerprint density at radius 3 is 2.83 bits per heavy atom. The van der Waals surface area contributed by atoms with Crippen molar-refractivity contribution in [1.29, 1.82) is 0 Å². The summed E-state index contributed by atoms with van der Waals surface area (Å²) in [6, 6.07) is 9.92. The maximum atomic E-state index is 12.5. The third kappa shape index (κ3) is 2.53. The van der Waals surface area contributed by atoms with E-state index in [-0.39, 0.29) is 22.9 Å². The summed E-state index contributed by atoms with van der Waals surface area (Å²) in [7, 11) is -3.65. The van der Waals surface area contributed by atoms with Crippen LogP contribution in [-0.2, 0) is 14.8 Å². The van der Waals surface area contributed by atoms with E-state index in [9.17, 15) is 13.2 Å². The molecule has 2 aromatic rings. The topological polar surface area (TPSA) is 91.4 Å². The van der Waals surface area contributed by atoms with Crippen LogP contribution in [0.15, 0.2) is 53.7 Å². The van der Waals surface area contributed by atoms with E-state index in [1.807, 2.05) is 29.2 Å². The Labute approximate surface area is 139 Å². The first-order valence-corrected chi connectivity index (χ1v) is 9.12. The number of aromatic nitrogens is 1. The number of nitrogens with one attached hydrogen (secondary N) is 2. The van der Waals surface area contributed by atoms with E-state index in [1.165, 1.54) is 18.5 Å². The predicted octanol–water partition coefficient (Wildman–Crippen LogP) is 0.959. The average molecular weight is 344 g/mol. The molecule has 8 heteroatoms. The Bertz CT molecular complexity index is 885. The molecular weight excluding hydrogens is 328 g/mol. The van der Waals surface area contributed by atoms with E-state index in [2.05, 4.69) is 15.0 Å². The van der Waals surface area contributed by atoms with Crippen molar-refractivity contribution in [1.82, 2.24) is 9.71 Å². The van der Waals surface area contributed by atoms with Gasteiger partial charge < -0.3 is 10.2 Å². The second-order valence-corrected chi connectivity index (χ2v) is 7.63. The van der Waals surface area contributed by atoms with Gasteiger partial charge in [0.1, 0.15) is 10.9 Å². The van der Waals surface area contributed by atoms with Crippen molar-refractivity contribution in [2.75, 3.05) is 16.8 Å². The van der Waals surface area contributed by atoms with E-state index in [1.54, 1.807) is 6.07 Å². The van der Waals surface area contributed by atoms with Gasteiger partial charge in [-0.15, -0.1) is 0 Å². The number of sulfonamides is 1. The molecule has 3 heterocycles. The first kappa shape index (κ1) is 15.1. The van der Waals surface area contributed by atoms with Gasteiger partial charge in [-0.05, 0) is 30.7 Å². The molecule has 1 aromatic heterocycles. The lowest BCUT2D eigenvalue weighted by molar-refractivity contribution is -0.117. The van der Waals surface area contributed by atoms with Gasteiger partial charge in [-0.3, -0.25) is 9.78 Å². The standard InChI is InChI=1S/C16H16N4O3S/c21-16-15-8-11(19-24(22,23)12-4-3-7-17-9-12)10-20(15)14-6-2-1-5-13(14)18-16/h1-7,9,11,15,19H,8,10H2,(H,18,21)/t11-,15-/m0/s1. The fourth-order valence-electron chi connectivity index (χ4n) is 3.28. The van der Waals surface area contributed by atoms with Crippen LogP contribution in [0.5, 0.6) is 0 Å². The van der Waals surface area contributed by atoms with Gasteiger partial charge in [0.2, 0.25) is 15.9 Å². The van der Waals surface area contributed by atoms with Gasteiger partial charge >= 0.3 is 0 Å². The maximum Gasteiger partial charge on any atom is 0.247 e. The fourth-order valence-corrected chi connectivity index (χ4v) is 4.48. The van der Waals surface area contributed by atoms with Crippen LogP contribution in [0.1, 0.15) is 6.42 Å². The molecule has 0 bridgehead atoms. The molecule has 1 saturated heterocycles. The lowest BCUT2D eigenvalue weighted by Crippen LogP contribution is -2.44. The summed E-state index contributed by atoms with van der Waals surface area (Å²) in [4.78, 5) is 18.2. The molecule has 0 spiro atoms. The first-order chi connectivity index (χ1) is 11.5.